The molecule has 100 valence electrons. The van der Waals surface area contributed by atoms with E-state index >= 15 is 0 Å². The van der Waals surface area contributed by atoms with Gasteiger partial charge in [-0.3, -0.25) is 10.1 Å². The Hall–Kier alpha value is -2.42. The number of nitrogens with one attached hydrogen (secondary N) is 1. The molecule has 2 aromatic rings. The third-order valence-corrected chi connectivity index (χ3v) is 2.69. The average molecular weight is 266 g/mol. The van der Waals surface area contributed by atoms with Gasteiger partial charge in [-0.05, 0) is 30.5 Å². The van der Waals surface area contributed by atoms with Crippen LogP contribution >= 0.6 is 0 Å². The molecular formula is C10H11FN6O2. The van der Waals surface area contributed by atoms with E-state index in [1.165, 1.54) is 10.7 Å². The lowest BCUT2D eigenvalue weighted by Gasteiger charge is -2.10. The number of nitrogens with zero attached hydrogens (tertiary/aromatic N) is 5. The van der Waals surface area contributed by atoms with Crippen molar-refractivity contribution in [3.63, 3.8) is 0 Å². The predicted molar refractivity (Wildman–Crippen MR) is 63.2 cm³/mol. The maximum absolute atomic E-state index is 13.6. The standard InChI is InChI=1S/C10H11FN6O2/c1-6(12-2)10-13-14-15-16(10)7-3-4-9(17(18)19)8(11)5-7/h3-6,12H,1-2H3. The number of rotatable bonds is 4. The summed E-state index contributed by atoms with van der Waals surface area (Å²) < 4.78 is 14.9. The summed E-state index contributed by atoms with van der Waals surface area (Å²) in [5, 5.41) is 24.6. The van der Waals surface area contributed by atoms with Gasteiger partial charge in [-0.1, -0.05) is 0 Å². The molecule has 1 N–H and O–H groups in total. The van der Waals surface area contributed by atoms with E-state index in [9.17, 15) is 14.5 Å². The Morgan fingerprint density at radius 2 is 2.26 bits per heavy atom. The number of nitro benzene ring substituents is 1. The second-order valence-electron chi connectivity index (χ2n) is 3.85. The molecule has 8 nitrogen and oxygen atoms in total. The van der Waals surface area contributed by atoms with E-state index in [4.69, 9.17) is 0 Å². The quantitative estimate of drug-likeness (QED) is 0.654. The van der Waals surface area contributed by atoms with Crippen molar-refractivity contribution >= 4 is 5.69 Å². The van der Waals surface area contributed by atoms with Crippen molar-refractivity contribution in [3.05, 3.63) is 40.0 Å². The highest BCUT2D eigenvalue weighted by Crippen LogP contribution is 2.21. The van der Waals surface area contributed by atoms with E-state index in [0.717, 1.165) is 12.1 Å². The Bertz CT molecular complexity index is 614. The molecule has 0 fully saturated rings. The number of nitro groups is 1. The minimum absolute atomic E-state index is 0.145. The van der Waals surface area contributed by atoms with Gasteiger partial charge < -0.3 is 5.32 Å². The maximum atomic E-state index is 13.6. The van der Waals surface area contributed by atoms with Crippen LogP contribution < -0.4 is 5.32 Å². The van der Waals surface area contributed by atoms with Crippen LogP contribution in [-0.4, -0.2) is 32.2 Å². The highest BCUT2D eigenvalue weighted by Gasteiger charge is 2.18. The van der Waals surface area contributed by atoms with Gasteiger partial charge in [0.05, 0.1) is 16.7 Å². The first-order valence-electron chi connectivity index (χ1n) is 5.44. The molecule has 9 heteroatoms. The van der Waals surface area contributed by atoms with Crippen LogP contribution in [0, 0.1) is 15.9 Å². The zero-order chi connectivity index (χ0) is 14.0. The van der Waals surface area contributed by atoms with Gasteiger partial charge in [0, 0.05) is 12.1 Å². The highest BCUT2D eigenvalue weighted by molar-refractivity contribution is 5.42. The lowest BCUT2D eigenvalue weighted by molar-refractivity contribution is -0.387. The Kier molecular flexibility index (Phi) is 3.47. The van der Waals surface area contributed by atoms with Gasteiger partial charge in [-0.15, -0.1) is 5.10 Å². The van der Waals surface area contributed by atoms with Crippen molar-refractivity contribution in [1.29, 1.82) is 0 Å². The topological polar surface area (TPSA) is 98.8 Å². The van der Waals surface area contributed by atoms with Crippen molar-refractivity contribution in [2.24, 2.45) is 0 Å². The van der Waals surface area contributed by atoms with E-state index in [0.29, 0.717) is 11.5 Å². The number of halogens is 1. The van der Waals surface area contributed by atoms with Gasteiger partial charge in [0.15, 0.2) is 5.82 Å². The molecule has 2 rings (SSSR count). The second-order valence-corrected chi connectivity index (χ2v) is 3.85. The minimum atomic E-state index is -0.930. The Morgan fingerprint density at radius 3 is 2.84 bits per heavy atom. The lowest BCUT2D eigenvalue weighted by Crippen LogP contribution is -2.17. The van der Waals surface area contributed by atoms with Crippen LogP contribution in [0.25, 0.3) is 5.69 Å². The van der Waals surface area contributed by atoms with E-state index in [-0.39, 0.29) is 6.04 Å². The summed E-state index contributed by atoms with van der Waals surface area (Å²) in [4.78, 5) is 9.77. The van der Waals surface area contributed by atoms with E-state index in [2.05, 4.69) is 20.8 Å². The molecule has 0 radical (unpaired) electrons. The molecular weight excluding hydrogens is 255 g/mol. The molecule has 1 unspecified atom stereocenters. The normalized spacial score (nSPS) is 12.4. The fourth-order valence-electron chi connectivity index (χ4n) is 1.55. The first kappa shape index (κ1) is 13.0. The fraction of sp³-hybridized carbons (Fsp3) is 0.300. The number of benzene rings is 1. The van der Waals surface area contributed by atoms with Crippen molar-refractivity contribution in [2.75, 3.05) is 7.05 Å². The summed E-state index contributed by atoms with van der Waals surface area (Å²) in [6.45, 7) is 1.84. The first-order valence-corrected chi connectivity index (χ1v) is 5.44. The third kappa shape index (κ3) is 2.40. The smallest absolute Gasteiger partial charge is 0.304 e. The Balaban J connectivity index is 2.46. The van der Waals surface area contributed by atoms with Crippen LogP contribution in [0.15, 0.2) is 18.2 Å². The van der Waals surface area contributed by atoms with Crippen molar-refractivity contribution < 1.29 is 9.31 Å². The van der Waals surface area contributed by atoms with E-state index in [1.807, 2.05) is 6.92 Å². The molecule has 0 aliphatic carbocycles. The summed E-state index contributed by atoms with van der Waals surface area (Å²) in [6.07, 6.45) is 0. The lowest BCUT2D eigenvalue weighted by atomic mass is 10.2. The van der Waals surface area contributed by atoms with Crippen LogP contribution in [-0.2, 0) is 0 Å². The van der Waals surface area contributed by atoms with Gasteiger partial charge in [-0.25, -0.2) is 0 Å². The Labute approximate surface area is 107 Å². The molecule has 1 aromatic heterocycles. The molecule has 0 aliphatic rings. The number of tetrazole rings is 1. The van der Waals surface area contributed by atoms with Crippen LogP contribution in [0.5, 0.6) is 0 Å². The zero-order valence-electron chi connectivity index (χ0n) is 10.2. The fourth-order valence-corrected chi connectivity index (χ4v) is 1.55. The Morgan fingerprint density at radius 1 is 1.53 bits per heavy atom. The number of aromatic nitrogens is 4. The maximum Gasteiger partial charge on any atom is 0.304 e. The zero-order valence-corrected chi connectivity index (χ0v) is 10.2. The molecule has 0 spiro atoms. The monoisotopic (exact) mass is 266 g/mol. The van der Waals surface area contributed by atoms with Crippen LogP contribution in [0.4, 0.5) is 10.1 Å². The molecule has 1 heterocycles. The molecule has 0 amide bonds. The molecule has 0 aliphatic heterocycles. The van der Waals surface area contributed by atoms with Crippen molar-refractivity contribution in [2.45, 2.75) is 13.0 Å². The summed E-state index contributed by atoms with van der Waals surface area (Å²) in [6, 6.07) is 3.36. The molecule has 19 heavy (non-hydrogen) atoms. The van der Waals surface area contributed by atoms with Crippen LogP contribution in [0.2, 0.25) is 0 Å². The SMILES string of the molecule is CNC(C)c1nnnn1-c1ccc([N+](=O)[O-])c(F)c1. The summed E-state index contributed by atoms with van der Waals surface area (Å²) in [7, 11) is 1.74. The van der Waals surface area contributed by atoms with Gasteiger partial charge in [0.25, 0.3) is 0 Å². The van der Waals surface area contributed by atoms with Gasteiger partial charge in [0.2, 0.25) is 5.82 Å². The molecule has 0 saturated carbocycles. The number of hydrogen-bond donors (Lipinski definition) is 1. The van der Waals surface area contributed by atoms with Gasteiger partial charge in [0.1, 0.15) is 0 Å². The predicted octanol–water partition coefficient (Wildman–Crippen LogP) is 0.990. The summed E-state index contributed by atoms with van der Waals surface area (Å²) in [5.41, 5.74) is -0.259. The van der Waals surface area contributed by atoms with Crippen LogP contribution in [0.3, 0.4) is 0 Å². The molecule has 0 bridgehead atoms. The minimum Gasteiger partial charge on any atom is -0.311 e. The molecule has 0 saturated heterocycles. The van der Waals surface area contributed by atoms with Gasteiger partial charge in [-0.2, -0.15) is 9.07 Å². The average Bonchev–Trinajstić information content (AvgIpc) is 2.86. The third-order valence-electron chi connectivity index (χ3n) is 2.69. The van der Waals surface area contributed by atoms with Crippen molar-refractivity contribution in [1.82, 2.24) is 25.5 Å². The van der Waals surface area contributed by atoms with E-state index in [1.54, 1.807) is 7.05 Å². The van der Waals surface area contributed by atoms with E-state index < -0.39 is 16.4 Å². The van der Waals surface area contributed by atoms with Crippen LogP contribution in [0.1, 0.15) is 18.8 Å². The molecule has 1 aromatic carbocycles. The number of hydrogen-bond acceptors (Lipinski definition) is 6. The second kappa shape index (κ2) is 5.06. The largest absolute Gasteiger partial charge is 0.311 e. The first-order chi connectivity index (χ1) is 9.04. The van der Waals surface area contributed by atoms with Crippen molar-refractivity contribution in [3.8, 4) is 5.69 Å². The highest BCUT2D eigenvalue weighted by atomic mass is 19.1. The summed E-state index contributed by atoms with van der Waals surface area (Å²) in [5.74, 6) is -0.447. The van der Waals surface area contributed by atoms with Gasteiger partial charge >= 0.3 is 5.69 Å². The molecule has 1 atom stereocenters. The summed E-state index contributed by atoms with van der Waals surface area (Å²) >= 11 is 0.